The molecule has 0 aliphatic heterocycles. The molecular weight excluding hydrogens is 170 g/mol. The lowest BCUT2D eigenvalue weighted by Crippen LogP contribution is -3.00. The van der Waals surface area contributed by atoms with Crippen molar-refractivity contribution in [3.05, 3.63) is 35.9 Å². The van der Waals surface area contributed by atoms with Crippen LogP contribution in [0.5, 0.6) is 0 Å². The van der Waals surface area contributed by atoms with Gasteiger partial charge in [0, 0.05) is 5.92 Å². The molecule has 0 heterocycles. The van der Waals surface area contributed by atoms with Crippen LogP contribution in [-0.2, 0) is 0 Å². The zero-order valence-corrected chi connectivity index (χ0v) is 8.38. The van der Waals surface area contributed by atoms with Crippen LogP contribution in [0.3, 0.4) is 0 Å². The van der Waals surface area contributed by atoms with E-state index < -0.39 is 0 Å². The molecule has 2 N–H and O–H groups in total. The van der Waals surface area contributed by atoms with Gasteiger partial charge in [-0.25, -0.2) is 0 Å². The van der Waals surface area contributed by atoms with Gasteiger partial charge in [-0.3, -0.25) is 0 Å². The van der Waals surface area contributed by atoms with Crippen LogP contribution >= 0.6 is 0 Å². The fourth-order valence-electron chi connectivity index (χ4n) is 1.27. The van der Waals surface area contributed by atoms with E-state index in [1.54, 1.807) is 0 Å². The van der Waals surface area contributed by atoms with Crippen LogP contribution in [0.4, 0.5) is 0 Å². The van der Waals surface area contributed by atoms with Gasteiger partial charge in [0.2, 0.25) is 0 Å². The lowest BCUT2D eigenvalue weighted by Gasteiger charge is -2.07. The van der Waals surface area contributed by atoms with Crippen molar-refractivity contribution < 1.29 is 17.7 Å². The van der Waals surface area contributed by atoms with Gasteiger partial charge in [0.1, 0.15) is 0 Å². The van der Waals surface area contributed by atoms with Crippen molar-refractivity contribution in [2.75, 3.05) is 13.6 Å². The Morgan fingerprint density at radius 3 is 2.33 bits per heavy atom. The van der Waals surface area contributed by atoms with Gasteiger partial charge in [-0.05, 0) is 5.56 Å². The van der Waals surface area contributed by atoms with E-state index in [9.17, 15) is 0 Å². The van der Waals surface area contributed by atoms with Crippen LogP contribution in [0.1, 0.15) is 18.4 Å². The molecule has 0 radical (unpaired) electrons. The number of hydrogen-bond donors (Lipinski definition) is 1. The number of quaternary nitrogens is 1. The van der Waals surface area contributed by atoms with Crippen molar-refractivity contribution in [1.29, 1.82) is 0 Å². The standard InChI is InChI=1S/C10H15N.ClH/c1-9(8-11-2)10-6-4-3-5-7-10;/h3-7,9,11H,8H2,1-2H3;1H/t9-;/m0./s1. The first-order valence-corrected chi connectivity index (χ1v) is 4.17. The Hall–Kier alpha value is -0.530. The number of halogens is 1. The van der Waals surface area contributed by atoms with Gasteiger partial charge in [0.15, 0.2) is 0 Å². The first-order valence-electron chi connectivity index (χ1n) is 4.17. The molecule has 0 spiro atoms. The highest BCUT2D eigenvalue weighted by atomic mass is 35.5. The normalized spacial score (nSPS) is 11.8. The second kappa shape index (κ2) is 6.04. The van der Waals surface area contributed by atoms with E-state index in [2.05, 4.69) is 49.6 Å². The van der Waals surface area contributed by atoms with Crippen molar-refractivity contribution >= 4 is 0 Å². The molecule has 0 bridgehead atoms. The first kappa shape index (κ1) is 11.5. The minimum absolute atomic E-state index is 0. The summed E-state index contributed by atoms with van der Waals surface area (Å²) in [6.45, 7) is 3.43. The Labute approximate surface area is 80.6 Å². The number of hydrogen-bond acceptors (Lipinski definition) is 0. The summed E-state index contributed by atoms with van der Waals surface area (Å²) in [5.41, 5.74) is 1.44. The summed E-state index contributed by atoms with van der Waals surface area (Å²) >= 11 is 0. The average molecular weight is 186 g/mol. The van der Waals surface area contributed by atoms with Crippen LogP contribution < -0.4 is 17.7 Å². The zero-order chi connectivity index (χ0) is 8.10. The summed E-state index contributed by atoms with van der Waals surface area (Å²) in [6.07, 6.45) is 0. The van der Waals surface area contributed by atoms with Crippen LogP contribution in [-0.4, -0.2) is 13.6 Å². The average Bonchev–Trinajstić information content (AvgIpc) is 2.07. The summed E-state index contributed by atoms with van der Waals surface area (Å²) in [4.78, 5) is 0. The van der Waals surface area contributed by atoms with E-state index in [0.717, 1.165) is 0 Å². The van der Waals surface area contributed by atoms with E-state index in [1.165, 1.54) is 12.1 Å². The van der Waals surface area contributed by atoms with E-state index in [1.807, 2.05) is 0 Å². The maximum atomic E-state index is 2.26. The molecule has 0 unspecified atom stereocenters. The summed E-state index contributed by atoms with van der Waals surface area (Å²) in [5, 5.41) is 2.22. The molecule has 0 aliphatic carbocycles. The Bertz CT molecular complexity index is 198. The molecule has 1 aromatic carbocycles. The molecule has 0 aliphatic rings. The number of rotatable bonds is 3. The molecule has 0 saturated heterocycles. The van der Waals surface area contributed by atoms with Crippen LogP contribution in [0, 0.1) is 0 Å². The molecule has 2 heteroatoms. The molecule has 1 aromatic rings. The largest absolute Gasteiger partial charge is 1.00 e. The lowest BCUT2D eigenvalue weighted by atomic mass is 10.0. The van der Waals surface area contributed by atoms with Gasteiger partial charge in [-0.15, -0.1) is 0 Å². The van der Waals surface area contributed by atoms with Gasteiger partial charge < -0.3 is 17.7 Å². The molecule has 1 atom stereocenters. The maximum absolute atomic E-state index is 2.26. The third-order valence-electron chi connectivity index (χ3n) is 1.96. The Kier molecular flexibility index (Phi) is 5.77. The Morgan fingerprint density at radius 1 is 1.25 bits per heavy atom. The summed E-state index contributed by atoms with van der Waals surface area (Å²) in [5.74, 6) is 0.668. The van der Waals surface area contributed by atoms with E-state index in [0.29, 0.717) is 5.92 Å². The van der Waals surface area contributed by atoms with Gasteiger partial charge in [-0.2, -0.15) is 0 Å². The predicted octanol–water partition coefficient (Wildman–Crippen LogP) is -2.01. The fraction of sp³-hybridized carbons (Fsp3) is 0.400. The molecule has 0 amide bonds. The second-order valence-electron chi connectivity index (χ2n) is 2.96. The summed E-state index contributed by atoms with van der Waals surface area (Å²) < 4.78 is 0. The number of likely N-dealkylation sites (N-methyl/N-ethyl adjacent to an activating group) is 1. The molecule has 68 valence electrons. The highest BCUT2D eigenvalue weighted by Crippen LogP contribution is 2.11. The van der Waals surface area contributed by atoms with E-state index in [-0.39, 0.29) is 12.4 Å². The van der Waals surface area contributed by atoms with Gasteiger partial charge in [0.05, 0.1) is 13.6 Å². The fourth-order valence-corrected chi connectivity index (χ4v) is 1.27. The number of nitrogens with two attached hydrogens (primary N) is 1. The topological polar surface area (TPSA) is 16.6 Å². The molecule has 0 fully saturated rings. The molecule has 1 nitrogen and oxygen atoms in total. The zero-order valence-electron chi connectivity index (χ0n) is 7.63. The lowest BCUT2D eigenvalue weighted by molar-refractivity contribution is -0.629. The predicted molar refractivity (Wildman–Crippen MR) is 47.6 cm³/mol. The second-order valence-corrected chi connectivity index (χ2v) is 2.96. The quantitative estimate of drug-likeness (QED) is 0.561. The Balaban J connectivity index is 0.00000121. The molecule has 0 aromatic heterocycles. The minimum atomic E-state index is 0. The SMILES string of the molecule is C[NH2+]C[C@H](C)c1ccccc1.[Cl-]. The molecule has 0 saturated carbocycles. The first-order chi connectivity index (χ1) is 5.34. The number of benzene rings is 1. The summed E-state index contributed by atoms with van der Waals surface area (Å²) in [6, 6.07) is 10.6. The molecule has 1 rings (SSSR count). The van der Waals surface area contributed by atoms with Crippen LogP contribution in [0.2, 0.25) is 0 Å². The van der Waals surface area contributed by atoms with Crippen molar-refractivity contribution in [3.8, 4) is 0 Å². The van der Waals surface area contributed by atoms with Crippen LogP contribution in [0.25, 0.3) is 0 Å². The summed E-state index contributed by atoms with van der Waals surface area (Å²) in [7, 11) is 2.11. The highest BCUT2D eigenvalue weighted by Gasteiger charge is 2.03. The smallest absolute Gasteiger partial charge is 0.0820 e. The monoisotopic (exact) mass is 185 g/mol. The third kappa shape index (κ3) is 3.24. The van der Waals surface area contributed by atoms with Gasteiger partial charge >= 0.3 is 0 Å². The molecular formula is C10H16ClN. The Morgan fingerprint density at radius 2 is 1.83 bits per heavy atom. The van der Waals surface area contributed by atoms with Crippen molar-refractivity contribution in [1.82, 2.24) is 0 Å². The van der Waals surface area contributed by atoms with E-state index >= 15 is 0 Å². The van der Waals surface area contributed by atoms with Gasteiger partial charge in [-0.1, -0.05) is 37.3 Å². The van der Waals surface area contributed by atoms with E-state index in [4.69, 9.17) is 0 Å². The minimum Gasteiger partial charge on any atom is -1.00 e. The van der Waals surface area contributed by atoms with Gasteiger partial charge in [0.25, 0.3) is 0 Å². The van der Waals surface area contributed by atoms with Crippen molar-refractivity contribution in [2.45, 2.75) is 12.8 Å². The molecule has 12 heavy (non-hydrogen) atoms. The highest BCUT2D eigenvalue weighted by molar-refractivity contribution is 5.18. The van der Waals surface area contributed by atoms with Crippen molar-refractivity contribution in [3.63, 3.8) is 0 Å². The van der Waals surface area contributed by atoms with Crippen molar-refractivity contribution in [2.24, 2.45) is 0 Å². The van der Waals surface area contributed by atoms with Crippen LogP contribution in [0.15, 0.2) is 30.3 Å². The maximum Gasteiger partial charge on any atom is 0.0820 e. The third-order valence-corrected chi connectivity index (χ3v) is 1.96.